The number of aromatic nitrogens is 3. The van der Waals surface area contributed by atoms with Gasteiger partial charge in [-0.2, -0.15) is 0 Å². The monoisotopic (exact) mass is 653 g/mol. The minimum Gasteiger partial charge on any atom is -0.309 e. The van der Waals surface area contributed by atoms with Crippen molar-refractivity contribution in [3.63, 3.8) is 0 Å². The number of rotatable bonds is 3. The smallest absolute Gasteiger partial charge is 0.160 e. The second-order valence-electron chi connectivity index (χ2n) is 12.9. The second kappa shape index (κ2) is 10.6. The third-order valence-corrected chi connectivity index (χ3v) is 11.4. The lowest BCUT2D eigenvalue weighted by atomic mass is 10.00. The van der Waals surface area contributed by atoms with Crippen LogP contribution in [-0.2, 0) is 0 Å². The van der Waals surface area contributed by atoms with E-state index < -0.39 is 0 Å². The maximum atomic E-state index is 5.23. The quantitative estimate of drug-likeness (QED) is 0.190. The molecule has 0 aliphatic carbocycles. The summed E-state index contributed by atoms with van der Waals surface area (Å²) in [6, 6.07) is 58.7. The van der Waals surface area contributed by atoms with E-state index in [4.69, 9.17) is 9.97 Å². The summed E-state index contributed by atoms with van der Waals surface area (Å²) in [5.74, 6) is 0.720. The summed E-state index contributed by atoms with van der Waals surface area (Å²) in [6.45, 7) is 0. The van der Waals surface area contributed by atoms with Gasteiger partial charge in [0.25, 0.3) is 0 Å². The summed E-state index contributed by atoms with van der Waals surface area (Å²) in [7, 11) is 0. The summed E-state index contributed by atoms with van der Waals surface area (Å²) in [5.41, 5.74) is 7.52. The molecule has 4 heteroatoms. The van der Waals surface area contributed by atoms with Gasteiger partial charge in [0.2, 0.25) is 0 Å². The van der Waals surface area contributed by atoms with Crippen molar-refractivity contribution in [3.05, 3.63) is 164 Å². The van der Waals surface area contributed by atoms with Crippen molar-refractivity contribution >= 4 is 85.8 Å². The molecule has 232 valence electrons. The molecular weight excluding hydrogens is 627 g/mol. The fourth-order valence-corrected chi connectivity index (χ4v) is 9.15. The van der Waals surface area contributed by atoms with E-state index in [0.29, 0.717) is 0 Å². The number of hydrogen-bond acceptors (Lipinski definition) is 3. The maximum Gasteiger partial charge on any atom is 0.160 e. The summed E-state index contributed by atoms with van der Waals surface area (Å²) in [6.07, 6.45) is 0. The van der Waals surface area contributed by atoms with E-state index in [0.717, 1.165) is 39.2 Å². The molecule has 0 aliphatic heterocycles. The summed E-state index contributed by atoms with van der Waals surface area (Å²) >= 11 is 1.89. The number of thiophene rings is 1. The molecule has 0 N–H and O–H groups in total. The molecule has 0 atom stereocenters. The number of para-hydroxylation sites is 2. The van der Waals surface area contributed by atoms with Gasteiger partial charge in [0, 0.05) is 58.5 Å². The molecule has 3 nitrogen and oxygen atoms in total. The highest BCUT2D eigenvalue weighted by molar-refractivity contribution is 7.27. The van der Waals surface area contributed by atoms with Crippen molar-refractivity contribution in [1.29, 1.82) is 0 Å². The van der Waals surface area contributed by atoms with Gasteiger partial charge in [0.1, 0.15) is 0 Å². The van der Waals surface area contributed by atoms with E-state index in [1.54, 1.807) is 0 Å². The molecule has 8 aromatic carbocycles. The number of hydrogen-bond donors (Lipinski definition) is 0. The van der Waals surface area contributed by atoms with E-state index in [1.165, 1.54) is 63.5 Å². The minimum absolute atomic E-state index is 0.720. The first kappa shape index (κ1) is 27.6. The molecule has 0 aliphatic rings. The Hall–Kier alpha value is -6.36. The standard InChI is InChI=1S/C46H27N3S/c1-2-12-30-27-31(22-21-28(30)11-1)43-35-15-5-8-18-38(35)47-46(48-43)29-23-25-32(26-24-29)49-39-19-9-6-16-36(39)41-33-13-3-4-14-34(33)45-42(44(41)49)37-17-7-10-20-40(37)50-45/h1-27H. The molecule has 11 rings (SSSR count). The first-order valence-corrected chi connectivity index (χ1v) is 17.7. The van der Waals surface area contributed by atoms with Crippen LogP contribution in [0.4, 0.5) is 0 Å². The lowest BCUT2D eigenvalue weighted by molar-refractivity contribution is 1.18. The Morgan fingerprint density at radius 3 is 1.98 bits per heavy atom. The highest BCUT2D eigenvalue weighted by Gasteiger charge is 2.22. The molecule has 0 spiro atoms. The van der Waals surface area contributed by atoms with Gasteiger partial charge in [0.15, 0.2) is 5.82 Å². The van der Waals surface area contributed by atoms with Crippen LogP contribution >= 0.6 is 11.3 Å². The minimum atomic E-state index is 0.720. The third-order valence-electron chi connectivity index (χ3n) is 10.2. The van der Waals surface area contributed by atoms with Gasteiger partial charge in [-0.1, -0.05) is 115 Å². The van der Waals surface area contributed by atoms with Gasteiger partial charge in [-0.25, -0.2) is 9.97 Å². The van der Waals surface area contributed by atoms with Crippen LogP contribution in [-0.4, -0.2) is 14.5 Å². The van der Waals surface area contributed by atoms with Crippen molar-refractivity contribution in [1.82, 2.24) is 14.5 Å². The largest absolute Gasteiger partial charge is 0.309 e. The third kappa shape index (κ3) is 3.97. The van der Waals surface area contributed by atoms with E-state index >= 15 is 0 Å². The van der Waals surface area contributed by atoms with Gasteiger partial charge >= 0.3 is 0 Å². The average molecular weight is 654 g/mol. The molecule has 50 heavy (non-hydrogen) atoms. The Balaban J connectivity index is 1.15. The van der Waals surface area contributed by atoms with Gasteiger partial charge in [-0.05, 0) is 64.7 Å². The van der Waals surface area contributed by atoms with Crippen LogP contribution in [0.5, 0.6) is 0 Å². The van der Waals surface area contributed by atoms with Crippen molar-refractivity contribution in [3.8, 4) is 28.3 Å². The molecule has 0 radical (unpaired) electrons. The van der Waals surface area contributed by atoms with Gasteiger partial charge < -0.3 is 4.57 Å². The topological polar surface area (TPSA) is 30.7 Å². The zero-order valence-corrected chi connectivity index (χ0v) is 27.7. The fourth-order valence-electron chi connectivity index (χ4n) is 7.91. The molecule has 3 aromatic heterocycles. The summed E-state index contributed by atoms with van der Waals surface area (Å²) < 4.78 is 5.10. The molecule has 11 aromatic rings. The van der Waals surface area contributed by atoms with Crippen LogP contribution in [0.15, 0.2) is 164 Å². The zero-order valence-electron chi connectivity index (χ0n) is 26.8. The van der Waals surface area contributed by atoms with Gasteiger partial charge in [-0.15, -0.1) is 11.3 Å². The Morgan fingerprint density at radius 1 is 0.460 bits per heavy atom. The van der Waals surface area contributed by atoms with Crippen molar-refractivity contribution in [2.24, 2.45) is 0 Å². The first-order chi connectivity index (χ1) is 24.8. The summed E-state index contributed by atoms with van der Waals surface area (Å²) in [4.78, 5) is 10.3. The molecule has 3 heterocycles. The van der Waals surface area contributed by atoms with Crippen LogP contribution in [0.2, 0.25) is 0 Å². The molecular formula is C46H27N3S. The van der Waals surface area contributed by atoms with E-state index in [1.807, 2.05) is 17.4 Å². The van der Waals surface area contributed by atoms with Crippen LogP contribution < -0.4 is 0 Å². The normalized spacial score (nSPS) is 12.0. The zero-order chi connectivity index (χ0) is 32.8. The number of fused-ring (bicyclic) bond motifs is 12. The highest BCUT2D eigenvalue weighted by Crippen LogP contribution is 2.47. The Kier molecular flexibility index (Phi) is 5.83. The average Bonchev–Trinajstić information content (AvgIpc) is 3.74. The SMILES string of the molecule is c1ccc2cc(-c3nc(-c4ccc(-n5c6ccccc6c6c7ccccc7c7sc8ccccc8c7c65)cc4)nc4ccccc34)ccc2c1. The molecule has 0 saturated heterocycles. The van der Waals surface area contributed by atoms with Crippen molar-refractivity contribution in [2.75, 3.05) is 0 Å². The van der Waals surface area contributed by atoms with E-state index in [9.17, 15) is 0 Å². The van der Waals surface area contributed by atoms with Crippen molar-refractivity contribution in [2.45, 2.75) is 0 Å². The maximum absolute atomic E-state index is 5.23. The van der Waals surface area contributed by atoms with Crippen LogP contribution in [0.3, 0.4) is 0 Å². The van der Waals surface area contributed by atoms with Gasteiger partial charge in [0.05, 0.1) is 22.2 Å². The van der Waals surface area contributed by atoms with Crippen LogP contribution in [0, 0.1) is 0 Å². The number of benzene rings is 8. The predicted octanol–water partition coefficient (Wildman–Crippen LogP) is 12.7. The van der Waals surface area contributed by atoms with Crippen LogP contribution in [0.25, 0.3) is 103 Å². The van der Waals surface area contributed by atoms with Crippen molar-refractivity contribution < 1.29 is 0 Å². The second-order valence-corrected chi connectivity index (χ2v) is 14.0. The summed E-state index contributed by atoms with van der Waals surface area (Å²) in [5, 5.41) is 11.2. The molecule has 0 amide bonds. The Labute approximate surface area is 291 Å². The predicted molar refractivity (Wildman–Crippen MR) is 213 cm³/mol. The lowest BCUT2D eigenvalue weighted by Gasteiger charge is -2.12. The molecule has 0 bridgehead atoms. The molecule has 0 saturated carbocycles. The Morgan fingerprint density at radius 2 is 1.12 bits per heavy atom. The van der Waals surface area contributed by atoms with E-state index in [2.05, 4.69) is 162 Å². The molecule has 0 unspecified atom stereocenters. The number of nitrogens with zero attached hydrogens (tertiary/aromatic N) is 3. The van der Waals surface area contributed by atoms with E-state index in [-0.39, 0.29) is 0 Å². The Bertz CT molecular complexity index is 3150. The first-order valence-electron chi connectivity index (χ1n) is 16.9. The fraction of sp³-hybridized carbons (Fsp3) is 0. The lowest BCUT2D eigenvalue weighted by Crippen LogP contribution is -1.97. The molecule has 0 fully saturated rings. The van der Waals surface area contributed by atoms with Gasteiger partial charge in [-0.3, -0.25) is 0 Å². The van der Waals surface area contributed by atoms with Crippen LogP contribution in [0.1, 0.15) is 0 Å². The highest BCUT2D eigenvalue weighted by atomic mass is 32.1.